The van der Waals surface area contributed by atoms with Gasteiger partial charge in [-0.2, -0.15) is 13.2 Å². The van der Waals surface area contributed by atoms with E-state index in [4.69, 9.17) is 10.2 Å². The Bertz CT molecular complexity index is 165. The van der Waals surface area contributed by atoms with Crippen molar-refractivity contribution in [2.24, 2.45) is 5.41 Å². The molecular formula is C5H7F3O3. The lowest BCUT2D eigenvalue weighted by atomic mass is 9.91. The maximum Gasteiger partial charge on any atom is 0.406 e. The fraction of sp³-hybridized carbons (Fsp3) is 0.800. The van der Waals surface area contributed by atoms with Crippen molar-refractivity contribution >= 4 is 5.97 Å². The normalized spacial score (nSPS) is 17.5. The van der Waals surface area contributed by atoms with E-state index in [1.54, 1.807) is 0 Å². The minimum Gasteiger partial charge on any atom is -0.481 e. The summed E-state index contributed by atoms with van der Waals surface area (Å²) < 4.78 is 35.4. The lowest BCUT2D eigenvalue weighted by molar-refractivity contribution is -0.234. The van der Waals surface area contributed by atoms with E-state index >= 15 is 0 Å². The van der Waals surface area contributed by atoms with Crippen LogP contribution in [0.2, 0.25) is 0 Å². The Hall–Kier alpha value is -0.780. The van der Waals surface area contributed by atoms with Crippen molar-refractivity contribution in [3.63, 3.8) is 0 Å². The number of aliphatic hydroxyl groups excluding tert-OH is 1. The van der Waals surface area contributed by atoms with Crippen LogP contribution in [0.3, 0.4) is 0 Å². The number of aliphatic carboxylic acids is 1. The standard InChI is InChI=1S/C5H7F3O3/c1-4(2-9,3(10)11)5(6,7)8/h9H,2H2,1H3,(H,10,11)/t4-/m0/s1. The second-order valence-electron chi connectivity index (χ2n) is 2.29. The third-order valence-electron chi connectivity index (χ3n) is 1.41. The molecule has 0 rings (SSSR count). The van der Waals surface area contributed by atoms with E-state index in [-0.39, 0.29) is 0 Å². The Morgan fingerprint density at radius 3 is 1.82 bits per heavy atom. The molecule has 0 aromatic carbocycles. The fourth-order valence-corrected chi connectivity index (χ4v) is 0.279. The highest BCUT2D eigenvalue weighted by atomic mass is 19.4. The molecule has 0 aliphatic carbocycles. The van der Waals surface area contributed by atoms with Gasteiger partial charge in [-0.3, -0.25) is 4.79 Å². The van der Waals surface area contributed by atoms with E-state index in [2.05, 4.69) is 0 Å². The summed E-state index contributed by atoms with van der Waals surface area (Å²) in [5.41, 5.74) is -3.05. The lowest BCUT2D eigenvalue weighted by Gasteiger charge is -2.24. The highest BCUT2D eigenvalue weighted by Gasteiger charge is 2.56. The van der Waals surface area contributed by atoms with Gasteiger partial charge in [0.25, 0.3) is 0 Å². The molecule has 0 spiro atoms. The number of aliphatic hydroxyl groups is 1. The summed E-state index contributed by atoms with van der Waals surface area (Å²) in [4.78, 5) is 10.0. The molecule has 0 aliphatic heterocycles. The molecule has 6 heteroatoms. The molecule has 11 heavy (non-hydrogen) atoms. The van der Waals surface area contributed by atoms with Crippen molar-refractivity contribution in [3.8, 4) is 0 Å². The molecule has 0 fully saturated rings. The zero-order valence-corrected chi connectivity index (χ0v) is 5.64. The molecule has 0 amide bonds. The first kappa shape index (κ1) is 10.2. The van der Waals surface area contributed by atoms with Crippen LogP contribution in [0.15, 0.2) is 0 Å². The molecule has 0 unspecified atom stereocenters. The molecule has 0 aromatic heterocycles. The zero-order chi connectivity index (χ0) is 9.28. The smallest absolute Gasteiger partial charge is 0.406 e. The topological polar surface area (TPSA) is 57.5 Å². The van der Waals surface area contributed by atoms with Crippen molar-refractivity contribution in [1.82, 2.24) is 0 Å². The van der Waals surface area contributed by atoms with Gasteiger partial charge in [0.2, 0.25) is 0 Å². The van der Waals surface area contributed by atoms with Crippen LogP contribution in [0.25, 0.3) is 0 Å². The van der Waals surface area contributed by atoms with E-state index in [9.17, 15) is 18.0 Å². The number of halogens is 3. The first-order valence-corrected chi connectivity index (χ1v) is 2.66. The van der Waals surface area contributed by atoms with Crippen LogP contribution in [0.1, 0.15) is 6.92 Å². The summed E-state index contributed by atoms with van der Waals surface area (Å²) in [7, 11) is 0. The van der Waals surface area contributed by atoms with E-state index < -0.39 is 24.2 Å². The zero-order valence-electron chi connectivity index (χ0n) is 5.64. The van der Waals surface area contributed by atoms with E-state index in [0.29, 0.717) is 6.92 Å². The Morgan fingerprint density at radius 2 is 1.82 bits per heavy atom. The van der Waals surface area contributed by atoms with Crippen LogP contribution in [0.5, 0.6) is 0 Å². The highest BCUT2D eigenvalue weighted by molar-refractivity contribution is 5.75. The molecule has 0 saturated carbocycles. The van der Waals surface area contributed by atoms with Crippen molar-refractivity contribution in [3.05, 3.63) is 0 Å². The predicted octanol–water partition coefficient (Wildman–Crippen LogP) is 0.632. The highest BCUT2D eigenvalue weighted by Crippen LogP contribution is 2.37. The Morgan fingerprint density at radius 1 is 1.45 bits per heavy atom. The molecule has 0 saturated heterocycles. The first-order chi connectivity index (χ1) is 4.75. The number of carbonyl (C=O) groups is 1. The van der Waals surface area contributed by atoms with Gasteiger partial charge in [-0.25, -0.2) is 0 Å². The van der Waals surface area contributed by atoms with Crippen molar-refractivity contribution < 1.29 is 28.2 Å². The third kappa shape index (κ3) is 1.62. The molecule has 0 aromatic rings. The van der Waals surface area contributed by atoms with Crippen molar-refractivity contribution in [2.75, 3.05) is 6.61 Å². The number of hydrogen-bond donors (Lipinski definition) is 2. The minimum absolute atomic E-state index is 0.426. The summed E-state index contributed by atoms with van der Waals surface area (Å²) in [5, 5.41) is 16.3. The molecular weight excluding hydrogens is 165 g/mol. The number of hydrogen-bond acceptors (Lipinski definition) is 2. The van der Waals surface area contributed by atoms with Gasteiger partial charge in [-0.1, -0.05) is 0 Å². The van der Waals surface area contributed by atoms with E-state index in [1.807, 2.05) is 0 Å². The maximum absolute atomic E-state index is 11.8. The van der Waals surface area contributed by atoms with Gasteiger partial charge in [0.15, 0.2) is 5.41 Å². The largest absolute Gasteiger partial charge is 0.481 e. The van der Waals surface area contributed by atoms with Gasteiger partial charge >= 0.3 is 12.1 Å². The predicted molar refractivity (Wildman–Crippen MR) is 28.9 cm³/mol. The monoisotopic (exact) mass is 172 g/mol. The molecule has 0 bridgehead atoms. The SMILES string of the molecule is C[C@](CO)(C(=O)O)C(F)(F)F. The average molecular weight is 172 g/mol. The molecule has 0 aliphatic rings. The Labute approximate surface area is 60.4 Å². The van der Waals surface area contributed by atoms with Gasteiger partial charge in [0, 0.05) is 0 Å². The molecule has 1 atom stereocenters. The summed E-state index contributed by atoms with van der Waals surface area (Å²) in [6, 6.07) is 0. The number of carboxylic acid groups (broad SMARTS) is 1. The van der Waals surface area contributed by atoms with E-state index in [1.165, 1.54) is 0 Å². The van der Waals surface area contributed by atoms with Gasteiger partial charge in [-0.05, 0) is 6.92 Å². The maximum atomic E-state index is 11.8. The van der Waals surface area contributed by atoms with Crippen molar-refractivity contribution in [1.29, 1.82) is 0 Å². The molecule has 66 valence electrons. The van der Waals surface area contributed by atoms with Crippen LogP contribution < -0.4 is 0 Å². The first-order valence-electron chi connectivity index (χ1n) is 2.66. The van der Waals surface area contributed by atoms with Gasteiger partial charge in [0.05, 0.1) is 6.61 Å². The quantitative estimate of drug-likeness (QED) is 0.642. The Balaban J connectivity index is 4.75. The molecule has 0 radical (unpaired) electrons. The molecule has 3 nitrogen and oxygen atoms in total. The summed E-state index contributed by atoms with van der Waals surface area (Å²) in [5.74, 6) is -2.08. The van der Waals surface area contributed by atoms with Gasteiger partial charge in [0.1, 0.15) is 0 Å². The summed E-state index contributed by atoms with van der Waals surface area (Å²) in [6.45, 7) is -1.03. The number of carboxylic acids is 1. The van der Waals surface area contributed by atoms with Gasteiger partial charge < -0.3 is 10.2 Å². The van der Waals surface area contributed by atoms with Gasteiger partial charge in [-0.15, -0.1) is 0 Å². The summed E-state index contributed by atoms with van der Waals surface area (Å²) >= 11 is 0. The van der Waals surface area contributed by atoms with Crippen LogP contribution in [-0.2, 0) is 4.79 Å². The number of alkyl halides is 3. The Kier molecular flexibility index (Phi) is 2.50. The second kappa shape index (κ2) is 2.69. The van der Waals surface area contributed by atoms with E-state index in [0.717, 1.165) is 0 Å². The molecule has 2 N–H and O–H groups in total. The fourth-order valence-electron chi connectivity index (χ4n) is 0.279. The summed E-state index contributed by atoms with van der Waals surface area (Å²) in [6.07, 6.45) is -4.92. The van der Waals surface area contributed by atoms with Crippen LogP contribution in [-0.4, -0.2) is 29.0 Å². The van der Waals surface area contributed by atoms with Crippen LogP contribution in [0.4, 0.5) is 13.2 Å². The number of rotatable bonds is 2. The average Bonchev–Trinajstić information content (AvgIpc) is 1.83. The third-order valence-corrected chi connectivity index (χ3v) is 1.41. The van der Waals surface area contributed by atoms with Crippen LogP contribution in [0, 0.1) is 5.41 Å². The molecule has 0 heterocycles. The second-order valence-corrected chi connectivity index (χ2v) is 2.29. The lowest BCUT2D eigenvalue weighted by Crippen LogP contribution is -2.45. The van der Waals surface area contributed by atoms with Crippen molar-refractivity contribution in [2.45, 2.75) is 13.1 Å². The van der Waals surface area contributed by atoms with Crippen LogP contribution >= 0.6 is 0 Å². The minimum atomic E-state index is -4.92.